The van der Waals surface area contributed by atoms with Gasteiger partial charge in [-0.25, -0.2) is 9.97 Å². The maximum atomic E-state index is 12.8. The minimum Gasteiger partial charge on any atom is -0.495 e. The molecule has 0 bridgehead atoms. The van der Waals surface area contributed by atoms with Crippen molar-refractivity contribution in [2.75, 3.05) is 38.8 Å². The van der Waals surface area contributed by atoms with E-state index < -0.39 is 11.5 Å². The summed E-state index contributed by atoms with van der Waals surface area (Å²) in [4.78, 5) is 46.7. The number of likely N-dealkylation sites (N-methyl/N-ethyl adjacent to an activating group) is 1. The normalized spacial score (nSPS) is 14.0. The van der Waals surface area contributed by atoms with Crippen LogP contribution in [0.1, 0.15) is 24.1 Å². The summed E-state index contributed by atoms with van der Waals surface area (Å²) < 4.78 is 12.5. The predicted molar refractivity (Wildman–Crippen MR) is 138 cm³/mol. The molecule has 37 heavy (non-hydrogen) atoms. The van der Waals surface area contributed by atoms with Crippen LogP contribution in [0.3, 0.4) is 0 Å². The van der Waals surface area contributed by atoms with Crippen molar-refractivity contribution in [3.8, 4) is 11.5 Å². The average Bonchev–Trinajstić information content (AvgIpc) is 2.90. The van der Waals surface area contributed by atoms with Crippen LogP contribution >= 0.6 is 11.6 Å². The first-order valence-electron chi connectivity index (χ1n) is 11.7. The second-order valence-corrected chi connectivity index (χ2v) is 9.22. The summed E-state index contributed by atoms with van der Waals surface area (Å²) in [6, 6.07) is 5.30. The van der Waals surface area contributed by atoms with E-state index in [1.807, 2.05) is 17.0 Å². The Morgan fingerprint density at radius 3 is 2.59 bits per heavy atom. The highest BCUT2D eigenvalue weighted by Gasteiger charge is 2.26. The first-order valence-corrected chi connectivity index (χ1v) is 12.1. The standard InChI is InChI=1S/C25H28ClN5O6/c1-27-21(32)13-37-20-11-16-8-14(10-19(36-3)22(16)30(2)23(20)33)9-18-17(26)12-28-25(29-18)31-6-4-15(5-7-31)24(34)35/h8,10-12,15H,4-7,9,13H2,1-3H3,(H,27,32)(H,34,35). The zero-order valence-corrected chi connectivity index (χ0v) is 21.5. The molecule has 1 aliphatic heterocycles. The zero-order valence-electron chi connectivity index (χ0n) is 20.8. The number of hydrogen-bond donors (Lipinski definition) is 2. The molecule has 1 aliphatic rings. The Morgan fingerprint density at radius 1 is 1.22 bits per heavy atom. The van der Waals surface area contributed by atoms with Crippen molar-refractivity contribution >= 4 is 40.3 Å². The fourth-order valence-corrected chi connectivity index (χ4v) is 4.55. The fourth-order valence-electron chi connectivity index (χ4n) is 4.39. The van der Waals surface area contributed by atoms with Gasteiger partial charge >= 0.3 is 5.97 Å². The van der Waals surface area contributed by atoms with Gasteiger partial charge in [0.2, 0.25) is 5.95 Å². The second kappa shape index (κ2) is 11.0. The molecular formula is C25H28ClN5O6. The molecule has 1 fully saturated rings. The maximum Gasteiger partial charge on any atom is 0.306 e. The second-order valence-electron chi connectivity index (χ2n) is 8.81. The van der Waals surface area contributed by atoms with E-state index in [2.05, 4.69) is 15.3 Å². The molecular weight excluding hydrogens is 502 g/mol. The number of halogens is 1. The van der Waals surface area contributed by atoms with Crippen LogP contribution < -0.4 is 25.2 Å². The van der Waals surface area contributed by atoms with Crippen LogP contribution in [0.4, 0.5) is 5.95 Å². The van der Waals surface area contributed by atoms with E-state index >= 15 is 0 Å². The van der Waals surface area contributed by atoms with Crippen molar-refractivity contribution in [3.63, 3.8) is 0 Å². The van der Waals surface area contributed by atoms with Crippen molar-refractivity contribution in [1.82, 2.24) is 19.9 Å². The number of nitrogens with one attached hydrogen (secondary N) is 1. The summed E-state index contributed by atoms with van der Waals surface area (Å²) >= 11 is 6.44. The number of aromatic nitrogens is 3. The minimum atomic E-state index is -0.776. The molecule has 2 N–H and O–H groups in total. The zero-order chi connectivity index (χ0) is 26.7. The number of carboxylic acid groups (broad SMARTS) is 1. The van der Waals surface area contributed by atoms with E-state index in [1.165, 1.54) is 18.7 Å². The molecule has 2 aromatic heterocycles. The Hall–Kier alpha value is -3.86. The number of carbonyl (C=O) groups excluding carboxylic acids is 1. The number of methoxy groups -OCH3 is 1. The van der Waals surface area contributed by atoms with Crippen LogP contribution in [0.2, 0.25) is 5.02 Å². The van der Waals surface area contributed by atoms with Crippen molar-refractivity contribution in [1.29, 1.82) is 0 Å². The van der Waals surface area contributed by atoms with Crippen LogP contribution in [0.5, 0.6) is 11.5 Å². The number of pyridine rings is 1. The van der Waals surface area contributed by atoms with Gasteiger partial charge in [-0.2, -0.15) is 0 Å². The number of rotatable bonds is 8. The van der Waals surface area contributed by atoms with Crippen molar-refractivity contribution in [2.24, 2.45) is 13.0 Å². The van der Waals surface area contributed by atoms with Crippen LogP contribution in [0.15, 0.2) is 29.2 Å². The highest BCUT2D eigenvalue weighted by atomic mass is 35.5. The highest BCUT2D eigenvalue weighted by molar-refractivity contribution is 6.31. The van der Waals surface area contributed by atoms with E-state index in [0.717, 1.165) is 5.56 Å². The molecule has 12 heteroatoms. The summed E-state index contributed by atoms with van der Waals surface area (Å²) in [5.74, 6) is -0.439. The Bertz CT molecular complexity index is 1400. The van der Waals surface area contributed by atoms with E-state index in [-0.39, 0.29) is 24.2 Å². The lowest BCUT2D eigenvalue weighted by Gasteiger charge is -2.30. The van der Waals surface area contributed by atoms with Gasteiger partial charge in [-0.3, -0.25) is 14.4 Å². The number of piperidine rings is 1. The number of carboxylic acids is 1. The molecule has 3 aromatic rings. The lowest BCUT2D eigenvalue weighted by atomic mass is 9.97. The molecule has 4 rings (SSSR count). The molecule has 0 spiro atoms. The number of benzene rings is 1. The van der Waals surface area contributed by atoms with Gasteiger partial charge in [0.1, 0.15) is 5.75 Å². The number of anilines is 1. The van der Waals surface area contributed by atoms with Crippen LogP contribution in [-0.4, -0.2) is 65.4 Å². The summed E-state index contributed by atoms with van der Waals surface area (Å²) in [6.45, 7) is 0.820. The smallest absolute Gasteiger partial charge is 0.306 e. The van der Waals surface area contributed by atoms with E-state index in [1.54, 1.807) is 19.3 Å². The molecule has 11 nitrogen and oxygen atoms in total. The lowest BCUT2D eigenvalue weighted by Crippen LogP contribution is -2.37. The number of ether oxygens (including phenoxy) is 2. The molecule has 0 atom stereocenters. The molecule has 0 radical (unpaired) electrons. The molecule has 0 aliphatic carbocycles. The molecule has 0 unspecified atom stereocenters. The Balaban J connectivity index is 1.65. The van der Waals surface area contributed by atoms with Crippen LogP contribution in [-0.2, 0) is 23.1 Å². The van der Waals surface area contributed by atoms with Gasteiger partial charge in [0.25, 0.3) is 11.5 Å². The average molecular weight is 530 g/mol. The Labute approximate surface area is 218 Å². The molecule has 3 heterocycles. The van der Waals surface area contributed by atoms with Crippen LogP contribution in [0.25, 0.3) is 10.9 Å². The predicted octanol–water partition coefficient (Wildman–Crippen LogP) is 2.01. The van der Waals surface area contributed by atoms with E-state index in [4.69, 9.17) is 21.1 Å². The topological polar surface area (TPSA) is 136 Å². The highest BCUT2D eigenvalue weighted by Crippen LogP contribution is 2.31. The Kier molecular flexibility index (Phi) is 7.82. The van der Waals surface area contributed by atoms with Gasteiger partial charge in [0.05, 0.1) is 35.5 Å². The fraction of sp³-hybridized carbons (Fsp3) is 0.400. The van der Waals surface area contributed by atoms with Crippen molar-refractivity contribution < 1.29 is 24.2 Å². The van der Waals surface area contributed by atoms with E-state index in [9.17, 15) is 19.5 Å². The maximum absolute atomic E-state index is 12.8. The van der Waals surface area contributed by atoms with E-state index in [0.29, 0.717) is 65.7 Å². The number of aliphatic carboxylic acids is 1. The summed E-state index contributed by atoms with van der Waals surface area (Å²) in [7, 11) is 4.62. The summed E-state index contributed by atoms with van der Waals surface area (Å²) in [5.41, 5.74) is 1.63. The van der Waals surface area contributed by atoms with Gasteiger partial charge in [-0.05, 0) is 36.6 Å². The third-order valence-corrected chi connectivity index (χ3v) is 6.78. The van der Waals surface area contributed by atoms with Gasteiger partial charge in [0.15, 0.2) is 12.4 Å². The lowest BCUT2D eigenvalue weighted by molar-refractivity contribution is -0.142. The van der Waals surface area contributed by atoms with Crippen molar-refractivity contribution in [2.45, 2.75) is 19.3 Å². The minimum absolute atomic E-state index is 0.0462. The first-order chi connectivity index (χ1) is 17.7. The summed E-state index contributed by atoms with van der Waals surface area (Å²) in [5, 5.41) is 12.8. The largest absolute Gasteiger partial charge is 0.495 e. The van der Waals surface area contributed by atoms with Gasteiger partial charge < -0.3 is 29.4 Å². The number of amides is 1. The number of aryl methyl sites for hydroxylation is 1. The van der Waals surface area contributed by atoms with Crippen molar-refractivity contribution in [3.05, 3.63) is 51.0 Å². The SMILES string of the molecule is CNC(=O)COc1cc2cc(Cc3nc(N4CCC(C(=O)O)CC4)ncc3Cl)cc(OC)c2n(C)c1=O. The number of hydrogen-bond acceptors (Lipinski definition) is 8. The molecule has 1 aromatic carbocycles. The third-order valence-electron chi connectivity index (χ3n) is 6.46. The Morgan fingerprint density at radius 2 is 1.95 bits per heavy atom. The third kappa shape index (κ3) is 5.61. The molecule has 1 amide bonds. The number of fused-ring (bicyclic) bond motifs is 1. The number of carbonyl (C=O) groups is 2. The van der Waals surface area contributed by atoms with Gasteiger partial charge in [-0.1, -0.05) is 11.6 Å². The molecule has 196 valence electrons. The number of nitrogens with zero attached hydrogens (tertiary/aromatic N) is 4. The molecule has 0 saturated carbocycles. The van der Waals surface area contributed by atoms with Crippen LogP contribution in [0, 0.1) is 5.92 Å². The quantitative estimate of drug-likeness (QED) is 0.449. The monoisotopic (exact) mass is 529 g/mol. The van der Waals surface area contributed by atoms with Gasteiger partial charge in [0, 0.05) is 39.0 Å². The van der Waals surface area contributed by atoms with Gasteiger partial charge in [-0.15, -0.1) is 0 Å². The molecule has 1 saturated heterocycles. The first kappa shape index (κ1) is 26.2. The summed E-state index contributed by atoms with van der Waals surface area (Å²) in [6.07, 6.45) is 2.97.